The van der Waals surface area contributed by atoms with Gasteiger partial charge in [-0.15, -0.1) is 0 Å². The van der Waals surface area contributed by atoms with Gasteiger partial charge in [0.1, 0.15) is 0 Å². The summed E-state index contributed by atoms with van der Waals surface area (Å²) in [7, 11) is -2.87. The van der Waals surface area contributed by atoms with Gasteiger partial charge >= 0.3 is 13.5 Å². The van der Waals surface area contributed by atoms with E-state index in [2.05, 4.69) is 9.97 Å². The van der Waals surface area contributed by atoms with Crippen molar-refractivity contribution < 1.29 is 23.2 Å². The summed E-state index contributed by atoms with van der Waals surface area (Å²) >= 11 is 5.91. The van der Waals surface area contributed by atoms with E-state index in [0.29, 0.717) is 22.0 Å². The Morgan fingerprint density at radius 1 is 1.10 bits per heavy atom. The van der Waals surface area contributed by atoms with E-state index >= 15 is 0 Å². The molecule has 8 nitrogen and oxygen atoms in total. The Morgan fingerprint density at radius 3 is 2.45 bits per heavy atom. The first-order valence-corrected chi connectivity index (χ1v) is 10.4. The van der Waals surface area contributed by atoms with E-state index in [1.807, 2.05) is 0 Å². The van der Waals surface area contributed by atoms with Crippen LogP contribution in [0.4, 0.5) is 0 Å². The quantitative estimate of drug-likeness (QED) is 0.532. The first kappa shape index (κ1) is 21.1. The Morgan fingerprint density at radius 2 is 1.79 bits per heavy atom. The molecular weight excluding hydrogens is 419 g/mol. The van der Waals surface area contributed by atoms with Gasteiger partial charge in [0.25, 0.3) is 0 Å². The van der Waals surface area contributed by atoms with Gasteiger partial charge in [-0.25, -0.2) is 9.36 Å². The van der Waals surface area contributed by atoms with Crippen molar-refractivity contribution in [3.8, 4) is 34.0 Å². The Balaban J connectivity index is 1.99. The van der Waals surface area contributed by atoms with Crippen LogP contribution in [0.2, 0.25) is 5.02 Å². The molecule has 0 aliphatic carbocycles. The molecule has 1 aromatic heterocycles. The van der Waals surface area contributed by atoms with Crippen molar-refractivity contribution in [3.05, 3.63) is 64.0 Å². The molecule has 0 aliphatic rings. The molecule has 2 N–H and O–H groups in total. The molecule has 0 radical (unpaired) electrons. The SMILES string of the molecule is CCOP(=O)(O)Oc1ccc(-c2cc(-c3ccc(Cl)cc3)[nH]c(=O)n2)cc1OC. The molecule has 1 unspecified atom stereocenters. The average molecular weight is 437 g/mol. The topological polar surface area (TPSA) is 111 Å². The number of halogens is 1. The number of aromatic nitrogens is 2. The van der Waals surface area contributed by atoms with E-state index in [0.717, 1.165) is 5.56 Å². The second-order valence-corrected chi connectivity index (χ2v) is 7.65. The molecule has 29 heavy (non-hydrogen) atoms. The maximum absolute atomic E-state index is 12.1. The van der Waals surface area contributed by atoms with Crippen LogP contribution in [0.15, 0.2) is 53.3 Å². The van der Waals surface area contributed by atoms with Gasteiger partial charge in [-0.3, -0.25) is 9.42 Å². The molecule has 0 spiro atoms. The third-order valence-corrected chi connectivity index (χ3v) is 5.13. The van der Waals surface area contributed by atoms with Crippen LogP contribution in [0.1, 0.15) is 6.92 Å². The zero-order valence-electron chi connectivity index (χ0n) is 15.6. The lowest BCUT2D eigenvalue weighted by Gasteiger charge is -2.15. The summed E-state index contributed by atoms with van der Waals surface area (Å²) < 4.78 is 26.9. The molecule has 0 amide bonds. The van der Waals surface area contributed by atoms with Gasteiger partial charge < -0.3 is 14.2 Å². The largest absolute Gasteiger partial charge is 0.527 e. The number of nitrogens with one attached hydrogen (secondary N) is 1. The summed E-state index contributed by atoms with van der Waals surface area (Å²) in [6, 6.07) is 13.3. The zero-order chi connectivity index (χ0) is 21.0. The van der Waals surface area contributed by atoms with Crippen LogP contribution < -0.4 is 15.0 Å². The molecule has 1 heterocycles. The van der Waals surface area contributed by atoms with Crippen molar-refractivity contribution in [1.82, 2.24) is 9.97 Å². The number of benzene rings is 2. The first-order chi connectivity index (χ1) is 13.8. The van der Waals surface area contributed by atoms with Crippen molar-refractivity contribution in [3.63, 3.8) is 0 Å². The number of H-pyrrole nitrogens is 1. The van der Waals surface area contributed by atoms with E-state index in [9.17, 15) is 14.3 Å². The summed E-state index contributed by atoms with van der Waals surface area (Å²) in [4.78, 5) is 28.4. The molecule has 0 fully saturated rings. The fourth-order valence-corrected chi connectivity index (χ4v) is 3.51. The number of ether oxygens (including phenoxy) is 1. The molecule has 3 rings (SSSR count). The molecule has 2 aromatic carbocycles. The van der Waals surface area contributed by atoms with E-state index < -0.39 is 13.5 Å². The molecule has 0 aliphatic heterocycles. The molecule has 1 atom stereocenters. The standard InChI is InChI=1S/C19H18ClN2O6P/c1-3-27-29(24,25)28-17-9-6-13(10-18(17)26-2)16-11-15(21-19(23)22-16)12-4-7-14(20)8-5-12/h4-11H,3H2,1-2H3,(H,24,25)(H,21,22,23). The number of methoxy groups -OCH3 is 1. The maximum atomic E-state index is 12.1. The minimum absolute atomic E-state index is 0.0123. The second-order valence-electron chi connectivity index (χ2n) is 5.84. The van der Waals surface area contributed by atoms with E-state index in [-0.39, 0.29) is 18.1 Å². The summed E-state index contributed by atoms with van der Waals surface area (Å²) in [5.41, 5.74) is 1.75. The molecule has 152 valence electrons. The normalized spacial score (nSPS) is 13.0. The predicted molar refractivity (Wildman–Crippen MR) is 109 cm³/mol. The number of rotatable bonds is 7. The summed E-state index contributed by atoms with van der Waals surface area (Å²) in [5.74, 6) is 0.213. The lowest BCUT2D eigenvalue weighted by atomic mass is 10.1. The monoisotopic (exact) mass is 436 g/mol. The second kappa shape index (κ2) is 8.80. The lowest BCUT2D eigenvalue weighted by Crippen LogP contribution is -2.12. The third-order valence-electron chi connectivity index (χ3n) is 3.87. The molecule has 10 heteroatoms. The van der Waals surface area contributed by atoms with Crippen LogP contribution in [0.3, 0.4) is 0 Å². The van der Waals surface area contributed by atoms with Gasteiger partial charge in [0.2, 0.25) is 0 Å². The van der Waals surface area contributed by atoms with Gasteiger partial charge in [0, 0.05) is 10.6 Å². The Hall–Kier alpha value is -2.64. The van der Waals surface area contributed by atoms with Gasteiger partial charge in [0.15, 0.2) is 11.5 Å². The highest BCUT2D eigenvalue weighted by Gasteiger charge is 2.24. The number of aromatic amines is 1. The van der Waals surface area contributed by atoms with Crippen LogP contribution in [-0.4, -0.2) is 28.6 Å². The summed E-state index contributed by atoms with van der Waals surface area (Å²) in [6.45, 7) is 1.59. The van der Waals surface area contributed by atoms with Gasteiger partial charge in [0.05, 0.1) is 25.1 Å². The van der Waals surface area contributed by atoms with Crippen molar-refractivity contribution in [2.45, 2.75) is 6.92 Å². The fourth-order valence-electron chi connectivity index (χ4n) is 2.61. The lowest BCUT2D eigenvalue weighted by molar-refractivity contribution is 0.210. The summed E-state index contributed by atoms with van der Waals surface area (Å²) in [5, 5.41) is 0.582. The number of hydrogen-bond donors (Lipinski definition) is 2. The fraction of sp³-hybridized carbons (Fsp3) is 0.158. The number of hydrogen-bond acceptors (Lipinski definition) is 6. The van der Waals surface area contributed by atoms with Crippen molar-refractivity contribution in [2.24, 2.45) is 0 Å². The molecule has 0 saturated carbocycles. The molecule has 0 bridgehead atoms. The smallest absolute Gasteiger partial charge is 0.493 e. The van der Waals surface area contributed by atoms with E-state index in [1.54, 1.807) is 49.4 Å². The predicted octanol–water partition coefficient (Wildman–Crippen LogP) is 4.28. The maximum Gasteiger partial charge on any atom is 0.527 e. The Bertz CT molecular complexity index is 1120. The highest BCUT2D eigenvalue weighted by atomic mass is 35.5. The van der Waals surface area contributed by atoms with Crippen molar-refractivity contribution in [1.29, 1.82) is 0 Å². The number of nitrogens with zero attached hydrogens (tertiary/aromatic N) is 1. The number of phosphoric ester groups is 1. The van der Waals surface area contributed by atoms with Gasteiger partial charge in [-0.1, -0.05) is 23.7 Å². The van der Waals surface area contributed by atoms with Crippen LogP contribution in [-0.2, 0) is 9.09 Å². The average Bonchev–Trinajstić information content (AvgIpc) is 2.68. The zero-order valence-corrected chi connectivity index (χ0v) is 17.2. The minimum atomic E-state index is -4.26. The Labute approximate surface area is 171 Å². The first-order valence-electron chi connectivity index (χ1n) is 8.54. The van der Waals surface area contributed by atoms with Crippen molar-refractivity contribution in [2.75, 3.05) is 13.7 Å². The minimum Gasteiger partial charge on any atom is -0.493 e. The number of phosphoric acid groups is 1. The van der Waals surface area contributed by atoms with E-state index in [4.69, 9.17) is 25.4 Å². The molecule has 0 saturated heterocycles. The molecule has 3 aromatic rings. The van der Waals surface area contributed by atoms with Crippen molar-refractivity contribution >= 4 is 19.4 Å². The molecular formula is C19H18ClN2O6P. The van der Waals surface area contributed by atoms with Crippen LogP contribution >= 0.6 is 19.4 Å². The van der Waals surface area contributed by atoms with Gasteiger partial charge in [-0.05, 0) is 48.9 Å². The highest BCUT2D eigenvalue weighted by molar-refractivity contribution is 7.47. The van der Waals surface area contributed by atoms with Gasteiger partial charge in [-0.2, -0.15) is 4.98 Å². The summed E-state index contributed by atoms with van der Waals surface area (Å²) in [6.07, 6.45) is 0. The Kier molecular flexibility index (Phi) is 6.39. The van der Waals surface area contributed by atoms with Crippen LogP contribution in [0.5, 0.6) is 11.5 Å². The third kappa shape index (κ3) is 5.25. The van der Waals surface area contributed by atoms with Crippen LogP contribution in [0, 0.1) is 0 Å². The highest BCUT2D eigenvalue weighted by Crippen LogP contribution is 2.47. The van der Waals surface area contributed by atoms with Crippen LogP contribution in [0.25, 0.3) is 22.5 Å². The van der Waals surface area contributed by atoms with E-state index in [1.165, 1.54) is 13.2 Å².